The molecule has 1 atom stereocenters. The second kappa shape index (κ2) is 6.14. The summed E-state index contributed by atoms with van der Waals surface area (Å²) in [4.78, 5) is 11.2. The van der Waals surface area contributed by atoms with Gasteiger partial charge >= 0.3 is 5.97 Å². The number of hydrogen-bond donors (Lipinski definition) is 1. The molecule has 3 nitrogen and oxygen atoms in total. The van der Waals surface area contributed by atoms with Crippen LogP contribution >= 0.6 is 27.5 Å². The highest BCUT2D eigenvalue weighted by Gasteiger charge is 2.24. The zero-order chi connectivity index (χ0) is 14.0. The van der Waals surface area contributed by atoms with Gasteiger partial charge in [-0.25, -0.2) is 0 Å². The maximum atomic E-state index is 11.2. The van der Waals surface area contributed by atoms with E-state index in [0.29, 0.717) is 35.3 Å². The second-order valence-electron chi connectivity index (χ2n) is 4.87. The molecule has 0 amide bonds. The Labute approximate surface area is 126 Å². The Morgan fingerprint density at radius 1 is 1.58 bits per heavy atom. The number of carboxylic acids is 1. The maximum Gasteiger partial charge on any atom is 0.310 e. The molecule has 19 heavy (non-hydrogen) atoms. The van der Waals surface area contributed by atoms with Gasteiger partial charge in [0.05, 0.1) is 22.0 Å². The number of carbonyl (C=O) groups is 1. The summed E-state index contributed by atoms with van der Waals surface area (Å²) in [6, 6.07) is 3.48. The van der Waals surface area contributed by atoms with Gasteiger partial charge in [-0.05, 0) is 58.8 Å². The molecule has 0 saturated heterocycles. The van der Waals surface area contributed by atoms with E-state index in [1.165, 1.54) is 12.8 Å². The fourth-order valence-corrected chi connectivity index (χ4v) is 2.95. The molecule has 0 aliphatic heterocycles. The molecule has 0 spiro atoms. The molecule has 1 saturated carbocycles. The van der Waals surface area contributed by atoms with Crippen molar-refractivity contribution in [2.75, 3.05) is 6.61 Å². The SMILES string of the molecule is CCC(C(=O)O)c1cc(Cl)c(OCC2CC2)c(Br)c1. The molecule has 1 N–H and O–H groups in total. The Balaban J connectivity index is 2.21. The van der Waals surface area contributed by atoms with E-state index in [0.717, 1.165) is 4.47 Å². The van der Waals surface area contributed by atoms with E-state index in [9.17, 15) is 9.90 Å². The Bertz CT molecular complexity index is 463. The molecule has 0 aromatic heterocycles. The summed E-state index contributed by atoms with van der Waals surface area (Å²) in [7, 11) is 0. The maximum absolute atomic E-state index is 11.2. The van der Waals surface area contributed by atoms with Crippen LogP contribution in [0.3, 0.4) is 0 Å². The number of benzene rings is 1. The molecule has 1 unspecified atom stereocenters. The van der Waals surface area contributed by atoms with Crippen LogP contribution in [0.4, 0.5) is 0 Å². The van der Waals surface area contributed by atoms with Crippen LogP contribution in [0.5, 0.6) is 5.75 Å². The van der Waals surface area contributed by atoms with Crippen LogP contribution in [0.2, 0.25) is 5.02 Å². The number of rotatable bonds is 6. The van der Waals surface area contributed by atoms with Crippen LogP contribution < -0.4 is 4.74 Å². The van der Waals surface area contributed by atoms with E-state index in [4.69, 9.17) is 16.3 Å². The van der Waals surface area contributed by atoms with Crippen LogP contribution in [-0.2, 0) is 4.79 Å². The predicted molar refractivity (Wildman–Crippen MR) is 78.0 cm³/mol. The Morgan fingerprint density at radius 2 is 2.26 bits per heavy atom. The van der Waals surface area contributed by atoms with Crippen molar-refractivity contribution in [3.63, 3.8) is 0 Å². The molecule has 1 aromatic rings. The largest absolute Gasteiger partial charge is 0.491 e. The summed E-state index contributed by atoms with van der Waals surface area (Å²) in [5, 5.41) is 9.64. The molecule has 0 heterocycles. The average molecular weight is 348 g/mol. The highest BCUT2D eigenvalue weighted by molar-refractivity contribution is 9.10. The fourth-order valence-electron chi connectivity index (χ4n) is 1.96. The van der Waals surface area contributed by atoms with E-state index < -0.39 is 11.9 Å². The highest BCUT2D eigenvalue weighted by Crippen LogP contribution is 2.39. The second-order valence-corrected chi connectivity index (χ2v) is 6.13. The molecule has 104 valence electrons. The quantitative estimate of drug-likeness (QED) is 0.826. The first-order chi connectivity index (χ1) is 9.02. The number of hydrogen-bond acceptors (Lipinski definition) is 2. The zero-order valence-corrected chi connectivity index (χ0v) is 13.0. The van der Waals surface area contributed by atoms with Crippen molar-refractivity contribution >= 4 is 33.5 Å². The van der Waals surface area contributed by atoms with Crippen molar-refractivity contribution in [1.29, 1.82) is 0 Å². The first-order valence-corrected chi connectivity index (χ1v) is 7.54. The Morgan fingerprint density at radius 3 is 2.74 bits per heavy atom. The van der Waals surface area contributed by atoms with Gasteiger partial charge < -0.3 is 9.84 Å². The van der Waals surface area contributed by atoms with Crippen molar-refractivity contribution in [2.24, 2.45) is 5.92 Å². The first-order valence-electron chi connectivity index (χ1n) is 6.37. The van der Waals surface area contributed by atoms with Gasteiger partial charge in [0, 0.05) is 0 Å². The average Bonchev–Trinajstić information content (AvgIpc) is 3.12. The van der Waals surface area contributed by atoms with E-state index in [-0.39, 0.29) is 0 Å². The summed E-state index contributed by atoms with van der Waals surface area (Å²) in [5.74, 6) is -0.119. The van der Waals surface area contributed by atoms with Gasteiger partial charge in [0.1, 0.15) is 0 Å². The molecule has 0 radical (unpaired) electrons. The van der Waals surface area contributed by atoms with Crippen molar-refractivity contribution in [2.45, 2.75) is 32.1 Å². The lowest BCUT2D eigenvalue weighted by Gasteiger charge is -2.15. The summed E-state index contributed by atoms with van der Waals surface area (Å²) < 4.78 is 6.41. The van der Waals surface area contributed by atoms with Crippen molar-refractivity contribution in [1.82, 2.24) is 0 Å². The van der Waals surface area contributed by atoms with Gasteiger partial charge in [-0.1, -0.05) is 18.5 Å². The van der Waals surface area contributed by atoms with Crippen LogP contribution in [-0.4, -0.2) is 17.7 Å². The highest BCUT2D eigenvalue weighted by atomic mass is 79.9. The molecule has 1 aromatic carbocycles. The van der Waals surface area contributed by atoms with Gasteiger partial charge in [0.25, 0.3) is 0 Å². The summed E-state index contributed by atoms with van der Waals surface area (Å²) >= 11 is 9.61. The minimum absolute atomic E-state index is 0.463. The van der Waals surface area contributed by atoms with Crippen LogP contribution in [0.1, 0.15) is 37.7 Å². The number of ether oxygens (including phenoxy) is 1. The fraction of sp³-hybridized carbons (Fsp3) is 0.500. The van der Waals surface area contributed by atoms with E-state index >= 15 is 0 Å². The lowest BCUT2D eigenvalue weighted by molar-refractivity contribution is -0.138. The van der Waals surface area contributed by atoms with Crippen LogP contribution in [0.25, 0.3) is 0 Å². The lowest BCUT2D eigenvalue weighted by Crippen LogP contribution is -2.11. The molecular weight excluding hydrogens is 332 g/mol. The van der Waals surface area contributed by atoms with Crippen molar-refractivity contribution in [3.05, 3.63) is 27.2 Å². The standard InChI is InChI=1S/C14H16BrClO3/c1-2-10(14(17)18)9-5-11(15)13(12(16)6-9)19-7-8-3-4-8/h5-6,8,10H,2-4,7H2,1H3,(H,17,18). The third-order valence-electron chi connectivity index (χ3n) is 3.29. The minimum atomic E-state index is -0.836. The third-order valence-corrected chi connectivity index (χ3v) is 4.16. The summed E-state index contributed by atoms with van der Waals surface area (Å²) in [5.41, 5.74) is 0.700. The minimum Gasteiger partial charge on any atom is -0.491 e. The monoisotopic (exact) mass is 346 g/mol. The van der Waals surface area contributed by atoms with Crippen LogP contribution in [0, 0.1) is 5.92 Å². The predicted octanol–water partition coefficient (Wildman–Crippen LogP) is 4.47. The number of carboxylic acid groups (broad SMARTS) is 1. The Hall–Kier alpha value is -0.740. The van der Waals surface area contributed by atoms with E-state index in [1.54, 1.807) is 12.1 Å². The van der Waals surface area contributed by atoms with Crippen molar-refractivity contribution < 1.29 is 14.6 Å². The summed E-state index contributed by atoms with van der Waals surface area (Å²) in [6.45, 7) is 2.52. The molecule has 1 fully saturated rings. The van der Waals surface area contributed by atoms with Crippen LogP contribution in [0.15, 0.2) is 16.6 Å². The van der Waals surface area contributed by atoms with Gasteiger partial charge in [0.15, 0.2) is 5.75 Å². The lowest BCUT2D eigenvalue weighted by atomic mass is 9.97. The number of aliphatic carboxylic acids is 1. The zero-order valence-electron chi connectivity index (χ0n) is 10.7. The molecule has 5 heteroatoms. The van der Waals surface area contributed by atoms with Gasteiger partial charge in [0.2, 0.25) is 0 Å². The number of halogens is 2. The Kier molecular flexibility index (Phi) is 4.74. The first kappa shape index (κ1) is 14.7. The molecule has 2 rings (SSSR count). The molecule has 1 aliphatic rings. The third kappa shape index (κ3) is 3.63. The molecule has 1 aliphatic carbocycles. The van der Waals surface area contributed by atoms with Crippen molar-refractivity contribution in [3.8, 4) is 5.75 Å². The van der Waals surface area contributed by atoms with Gasteiger partial charge in [-0.3, -0.25) is 4.79 Å². The van der Waals surface area contributed by atoms with E-state index in [1.807, 2.05) is 6.92 Å². The smallest absolute Gasteiger partial charge is 0.310 e. The molecule has 0 bridgehead atoms. The van der Waals surface area contributed by atoms with E-state index in [2.05, 4.69) is 15.9 Å². The normalized spacial score (nSPS) is 16.2. The molecular formula is C14H16BrClO3. The van der Waals surface area contributed by atoms with Gasteiger partial charge in [-0.2, -0.15) is 0 Å². The van der Waals surface area contributed by atoms with Gasteiger partial charge in [-0.15, -0.1) is 0 Å². The topological polar surface area (TPSA) is 46.5 Å². The summed E-state index contributed by atoms with van der Waals surface area (Å²) in [6.07, 6.45) is 2.95.